The molecule has 6 heteroatoms. The highest BCUT2D eigenvalue weighted by Gasteiger charge is 2.11. The average Bonchev–Trinajstić information content (AvgIpc) is 2.84. The first kappa shape index (κ1) is 19.0. The first-order chi connectivity index (χ1) is 11.7. The first-order valence-corrected chi connectivity index (χ1v) is 8.63. The number of aliphatic hydroxyl groups is 1. The van der Waals surface area contributed by atoms with Crippen molar-refractivity contribution < 1.29 is 9.90 Å². The van der Waals surface area contributed by atoms with E-state index in [2.05, 4.69) is 47.8 Å². The van der Waals surface area contributed by atoms with Crippen molar-refractivity contribution in [2.24, 2.45) is 5.92 Å². The van der Waals surface area contributed by atoms with Gasteiger partial charge in [-0.25, -0.2) is 9.48 Å². The van der Waals surface area contributed by atoms with Crippen molar-refractivity contribution in [3.63, 3.8) is 0 Å². The van der Waals surface area contributed by atoms with Gasteiger partial charge in [-0.05, 0) is 63.3 Å². The minimum atomic E-state index is -0.365. The summed E-state index contributed by atoms with van der Waals surface area (Å²) in [6.07, 6.45) is 0.289. The van der Waals surface area contributed by atoms with Crippen molar-refractivity contribution in [3.8, 4) is 5.69 Å². The predicted molar refractivity (Wildman–Crippen MR) is 100 cm³/mol. The van der Waals surface area contributed by atoms with E-state index in [1.165, 1.54) is 11.1 Å². The van der Waals surface area contributed by atoms with Gasteiger partial charge in [0.05, 0.1) is 11.8 Å². The van der Waals surface area contributed by atoms with Crippen LogP contribution in [0.25, 0.3) is 5.69 Å². The molecule has 1 heterocycles. The number of hydrogen-bond acceptors (Lipinski definition) is 3. The Hall–Kier alpha value is -2.34. The number of benzene rings is 1. The van der Waals surface area contributed by atoms with Gasteiger partial charge in [0, 0.05) is 18.3 Å². The number of nitrogens with one attached hydrogen (secondary N) is 2. The summed E-state index contributed by atoms with van der Waals surface area (Å²) in [7, 11) is 0. The van der Waals surface area contributed by atoms with Crippen LogP contribution in [0, 0.1) is 26.7 Å². The van der Waals surface area contributed by atoms with Gasteiger partial charge in [-0.15, -0.1) is 5.10 Å². The Morgan fingerprint density at radius 1 is 1.16 bits per heavy atom. The van der Waals surface area contributed by atoms with Gasteiger partial charge < -0.3 is 10.4 Å². The van der Waals surface area contributed by atoms with E-state index >= 15 is 0 Å². The minimum absolute atomic E-state index is 0.209. The molecule has 1 aromatic heterocycles. The molecule has 0 aliphatic heterocycles. The van der Waals surface area contributed by atoms with Gasteiger partial charge in [-0.3, -0.25) is 5.32 Å². The lowest BCUT2D eigenvalue weighted by atomic mass is 10.1. The number of nitrogens with zero attached hydrogens (tertiary/aromatic N) is 2. The molecule has 2 aromatic rings. The molecule has 0 fully saturated rings. The number of carbonyl (C=O) groups excluding carboxylic acids is 1. The highest BCUT2D eigenvalue weighted by Crippen LogP contribution is 2.18. The van der Waals surface area contributed by atoms with Gasteiger partial charge in [0.1, 0.15) is 0 Å². The number of hydrogen-bond donors (Lipinski definition) is 3. The molecule has 25 heavy (non-hydrogen) atoms. The van der Waals surface area contributed by atoms with Crippen LogP contribution in [0.3, 0.4) is 0 Å². The lowest BCUT2D eigenvalue weighted by molar-refractivity contribution is 0.163. The molecule has 136 valence electrons. The van der Waals surface area contributed by atoms with E-state index in [0.717, 1.165) is 11.4 Å². The summed E-state index contributed by atoms with van der Waals surface area (Å²) in [5, 5.41) is 19.4. The summed E-state index contributed by atoms with van der Waals surface area (Å²) in [5.74, 6) is 0.720. The van der Waals surface area contributed by atoms with Gasteiger partial charge >= 0.3 is 6.03 Å². The van der Waals surface area contributed by atoms with E-state index in [1.54, 1.807) is 6.92 Å². The fourth-order valence-corrected chi connectivity index (χ4v) is 2.96. The summed E-state index contributed by atoms with van der Waals surface area (Å²) in [6, 6.07) is 7.80. The third-order valence-corrected chi connectivity index (χ3v) is 3.93. The van der Waals surface area contributed by atoms with Gasteiger partial charge in [-0.1, -0.05) is 13.0 Å². The molecular weight excluding hydrogens is 316 g/mol. The monoisotopic (exact) mass is 344 g/mol. The van der Waals surface area contributed by atoms with Crippen LogP contribution < -0.4 is 10.6 Å². The van der Waals surface area contributed by atoms with Crippen molar-refractivity contribution in [1.82, 2.24) is 15.1 Å². The maximum Gasteiger partial charge on any atom is 0.320 e. The number of anilines is 1. The predicted octanol–water partition coefficient (Wildman–Crippen LogP) is 3.33. The number of aryl methyl sites for hydroxylation is 3. The van der Waals surface area contributed by atoms with Crippen LogP contribution in [0.1, 0.15) is 37.1 Å². The summed E-state index contributed by atoms with van der Waals surface area (Å²) < 4.78 is 1.83. The normalized spacial score (nSPS) is 13.4. The third kappa shape index (κ3) is 5.60. The molecule has 0 saturated carbocycles. The standard InChI is InChI=1S/C19H28N4O2/c1-12-6-13(2)9-17(8-12)23-15(4)10-18(22-23)21-19(25)20-11-14(3)7-16(5)24/h6,8-10,14,16,24H,7,11H2,1-5H3,(H2,20,21,22,25). The van der Waals surface area contributed by atoms with Crippen molar-refractivity contribution in [2.45, 2.75) is 47.1 Å². The molecule has 0 radical (unpaired) electrons. The molecule has 0 saturated heterocycles. The van der Waals surface area contributed by atoms with Crippen molar-refractivity contribution >= 4 is 11.8 Å². The van der Waals surface area contributed by atoms with Crippen LogP contribution in [0.4, 0.5) is 10.6 Å². The zero-order chi connectivity index (χ0) is 18.6. The highest BCUT2D eigenvalue weighted by atomic mass is 16.3. The Labute approximate surface area is 149 Å². The Balaban J connectivity index is 2.01. The molecule has 2 atom stereocenters. The van der Waals surface area contributed by atoms with Gasteiger partial charge in [0.25, 0.3) is 0 Å². The Morgan fingerprint density at radius 2 is 1.80 bits per heavy atom. The maximum absolute atomic E-state index is 12.0. The van der Waals surface area contributed by atoms with Crippen molar-refractivity contribution in [2.75, 3.05) is 11.9 Å². The number of amides is 2. The highest BCUT2D eigenvalue weighted by molar-refractivity contribution is 5.88. The Kier molecular flexibility index (Phi) is 6.20. The SMILES string of the molecule is Cc1cc(C)cc(-n2nc(NC(=O)NCC(C)CC(C)O)cc2C)c1. The van der Waals surface area contributed by atoms with Crippen LogP contribution in [0.15, 0.2) is 24.3 Å². The van der Waals surface area contributed by atoms with E-state index in [4.69, 9.17) is 0 Å². The fraction of sp³-hybridized carbons (Fsp3) is 0.474. The summed E-state index contributed by atoms with van der Waals surface area (Å²) in [4.78, 5) is 12.0. The molecule has 0 spiro atoms. The topological polar surface area (TPSA) is 79.2 Å². The second-order valence-corrected chi connectivity index (χ2v) is 6.95. The molecule has 0 aliphatic carbocycles. The van der Waals surface area contributed by atoms with Crippen LogP contribution in [-0.4, -0.2) is 33.6 Å². The second-order valence-electron chi connectivity index (χ2n) is 6.95. The van der Waals surface area contributed by atoms with Crippen LogP contribution in [-0.2, 0) is 0 Å². The molecule has 3 N–H and O–H groups in total. The Bertz CT molecular complexity index is 717. The molecule has 2 amide bonds. The largest absolute Gasteiger partial charge is 0.393 e. The summed E-state index contributed by atoms with van der Waals surface area (Å²) >= 11 is 0. The average molecular weight is 344 g/mol. The summed E-state index contributed by atoms with van der Waals surface area (Å²) in [5.41, 5.74) is 4.27. The van der Waals surface area contributed by atoms with Crippen LogP contribution >= 0.6 is 0 Å². The van der Waals surface area contributed by atoms with Crippen LogP contribution in [0.2, 0.25) is 0 Å². The molecule has 2 unspecified atom stereocenters. The zero-order valence-electron chi connectivity index (χ0n) is 15.6. The first-order valence-electron chi connectivity index (χ1n) is 8.63. The molecule has 1 aromatic carbocycles. The number of aliphatic hydroxyl groups excluding tert-OH is 1. The minimum Gasteiger partial charge on any atom is -0.393 e. The van der Waals surface area contributed by atoms with Gasteiger partial charge in [0.2, 0.25) is 0 Å². The lowest BCUT2D eigenvalue weighted by Gasteiger charge is -2.14. The molecule has 0 bridgehead atoms. The maximum atomic E-state index is 12.0. The third-order valence-electron chi connectivity index (χ3n) is 3.93. The van der Waals surface area contributed by atoms with Crippen molar-refractivity contribution in [1.29, 1.82) is 0 Å². The van der Waals surface area contributed by atoms with Crippen LogP contribution in [0.5, 0.6) is 0 Å². The van der Waals surface area contributed by atoms with E-state index in [-0.39, 0.29) is 18.1 Å². The van der Waals surface area contributed by atoms with E-state index < -0.39 is 0 Å². The smallest absolute Gasteiger partial charge is 0.320 e. The van der Waals surface area contributed by atoms with Gasteiger partial charge in [-0.2, -0.15) is 0 Å². The second kappa shape index (κ2) is 8.16. The molecule has 0 aliphatic rings. The number of urea groups is 1. The summed E-state index contributed by atoms with van der Waals surface area (Å²) in [6.45, 7) is 10.3. The van der Waals surface area contributed by atoms with Crippen molar-refractivity contribution in [3.05, 3.63) is 41.1 Å². The lowest BCUT2D eigenvalue weighted by Crippen LogP contribution is -2.33. The zero-order valence-corrected chi connectivity index (χ0v) is 15.6. The quantitative estimate of drug-likeness (QED) is 0.752. The number of carbonyl (C=O) groups is 1. The van der Waals surface area contributed by atoms with Gasteiger partial charge in [0.15, 0.2) is 5.82 Å². The van der Waals surface area contributed by atoms with E-state index in [9.17, 15) is 9.90 Å². The van der Waals surface area contributed by atoms with E-state index in [0.29, 0.717) is 18.8 Å². The molecule has 2 rings (SSSR count). The fourth-order valence-electron chi connectivity index (χ4n) is 2.96. The molecule has 6 nitrogen and oxygen atoms in total. The van der Waals surface area contributed by atoms with E-state index in [1.807, 2.05) is 24.6 Å². The molecular formula is C19H28N4O2. The number of aromatic nitrogens is 2. The Morgan fingerprint density at radius 3 is 2.40 bits per heavy atom. The number of rotatable bonds is 6.